The number of aliphatic hydroxyl groups is 1. The molecule has 5 aliphatic rings. The number of hydrogen-bond acceptors (Lipinski definition) is 5. The molecular weight excluding hydrogens is 462 g/mol. The highest BCUT2D eigenvalue weighted by Gasteiger charge is 2.71. The number of aliphatic hydroxyl groups excluding tert-OH is 1. The van der Waals surface area contributed by atoms with Gasteiger partial charge in [-0.15, -0.1) is 0 Å². The molecule has 5 saturated carbocycles. The second kappa shape index (κ2) is 8.83. The zero-order chi connectivity index (χ0) is 27.0. The molecular formula is C32H51NO4. The predicted octanol–water partition coefficient (Wildman–Crippen LogP) is 7.01. The van der Waals surface area contributed by atoms with Crippen LogP contribution < -0.4 is 0 Å². The van der Waals surface area contributed by atoms with Crippen molar-refractivity contribution in [3.63, 3.8) is 0 Å². The van der Waals surface area contributed by atoms with Crippen molar-refractivity contribution in [2.75, 3.05) is 13.2 Å². The highest BCUT2D eigenvalue weighted by atomic mass is 16.5. The zero-order valence-corrected chi connectivity index (χ0v) is 24.2. The van der Waals surface area contributed by atoms with E-state index in [9.17, 15) is 15.1 Å². The molecule has 208 valence electrons. The van der Waals surface area contributed by atoms with Crippen LogP contribution >= 0.6 is 0 Å². The Morgan fingerprint density at radius 1 is 0.973 bits per heavy atom. The van der Waals surface area contributed by atoms with Crippen molar-refractivity contribution in [2.45, 2.75) is 106 Å². The summed E-state index contributed by atoms with van der Waals surface area (Å²) in [5.74, 6) is 2.44. The lowest BCUT2D eigenvalue weighted by Gasteiger charge is -2.72. The van der Waals surface area contributed by atoms with Gasteiger partial charge < -0.3 is 15.1 Å². The molecule has 5 fully saturated rings. The first-order valence-electron chi connectivity index (χ1n) is 14.9. The maximum absolute atomic E-state index is 11.9. The molecule has 0 aliphatic heterocycles. The van der Waals surface area contributed by atoms with E-state index in [0.717, 1.165) is 37.8 Å². The molecule has 0 aromatic rings. The van der Waals surface area contributed by atoms with Gasteiger partial charge in [0.1, 0.15) is 0 Å². The lowest BCUT2D eigenvalue weighted by Crippen LogP contribution is -2.67. The molecule has 5 aliphatic carbocycles. The summed E-state index contributed by atoms with van der Waals surface area (Å²) < 4.78 is 5.78. The highest BCUT2D eigenvalue weighted by molar-refractivity contribution is 5.91. The van der Waals surface area contributed by atoms with Gasteiger partial charge in [-0.1, -0.05) is 45.0 Å². The SMILES string of the molecule is C=C(C)[C@@H]1CC[C@]2(COC(C)=O)CC[C@]3(C)[C@H](CC[C@@H]4[C@@]5(C)CC/C(=N/O)[C@@](C)(CO)[C@@H]5CC[C@]43C)[C@@H]12. The molecule has 37 heavy (non-hydrogen) atoms. The van der Waals surface area contributed by atoms with Gasteiger partial charge in [0, 0.05) is 17.8 Å². The normalized spacial score (nSPS) is 52.0. The number of hydrogen-bond donors (Lipinski definition) is 2. The van der Waals surface area contributed by atoms with Crippen molar-refractivity contribution in [3.05, 3.63) is 12.2 Å². The first kappa shape index (κ1) is 27.2. The van der Waals surface area contributed by atoms with E-state index in [4.69, 9.17) is 4.74 Å². The second-order valence-electron chi connectivity index (χ2n) is 15.0. The number of nitrogens with zero attached hydrogens (tertiary/aromatic N) is 1. The Balaban J connectivity index is 1.53. The molecule has 0 spiro atoms. The molecule has 0 unspecified atom stereocenters. The first-order valence-corrected chi connectivity index (χ1v) is 14.9. The topological polar surface area (TPSA) is 79.1 Å². The van der Waals surface area contributed by atoms with Gasteiger partial charge >= 0.3 is 5.97 Å². The van der Waals surface area contributed by atoms with Gasteiger partial charge in [0.25, 0.3) is 0 Å². The predicted molar refractivity (Wildman–Crippen MR) is 146 cm³/mol. The summed E-state index contributed by atoms with van der Waals surface area (Å²) in [5, 5.41) is 24.1. The number of oxime groups is 1. The van der Waals surface area contributed by atoms with E-state index in [1.165, 1.54) is 37.7 Å². The lowest BCUT2D eigenvalue weighted by molar-refractivity contribution is -0.234. The maximum atomic E-state index is 11.9. The van der Waals surface area contributed by atoms with Crippen LogP contribution in [0.25, 0.3) is 0 Å². The Kier molecular flexibility index (Phi) is 6.49. The molecule has 5 heteroatoms. The molecule has 0 bridgehead atoms. The summed E-state index contributed by atoms with van der Waals surface area (Å²) in [4.78, 5) is 11.9. The van der Waals surface area contributed by atoms with Crippen LogP contribution in [0.4, 0.5) is 0 Å². The highest BCUT2D eigenvalue weighted by Crippen LogP contribution is 2.77. The lowest BCUT2D eigenvalue weighted by atomic mass is 9.32. The zero-order valence-electron chi connectivity index (χ0n) is 24.2. The number of fused-ring (bicyclic) bond motifs is 7. The Labute approximate surface area is 224 Å². The van der Waals surface area contributed by atoms with E-state index in [-0.39, 0.29) is 34.2 Å². The maximum Gasteiger partial charge on any atom is 0.302 e. The summed E-state index contributed by atoms with van der Waals surface area (Å²) in [6, 6.07) is 0. The molecule has 5 rings (SSSR count). The third kappa shape index (κ3) is 3.50. The molecule has 5 nitrogen and oxygen atoms in total. The summed E-state index contributed by atoms with van der Waals surface area (Å²) >= 11 is 0. The van der Waals surface area contributed by atoms with Crippen LogP contribution in [0.3, 0.4) is 0 Å². The molecule has 10 atom stereocenters. The van der Waals surface area contributed by atoms with Crippen LogP contribution in [0.2, 0.25) is 0 Å². The fraction of sp³-hybridized carbons (Fsp3) is 0.875. The molecule has 0 amide bonds. The third-order valence-corrected chi connectivity index (χ3v) is 13.8. The Hall–Kier alpha value is -1.36. The van der Waals surface area contributed by atoms with Gasteiger partial charge in [-0.2, -0.15) is 0 Å². The Morgan fingerprint density at radius 2 is 1.70 bits per heavy atom. The standard InChI is InChI=1S/C32H51NO4/c1-20(2)22-10-15-32(19-37-21(3)35)17-16-30(6)23(27(22)32)8-9-25-28(4)13-12-26(33-36)29(5,18-34)24(28)11-14-31(25,30)7/h22-25,27,34,36H,1,8-19H2,2-7H3/b33-26-/t22-,23+,24+,25+,27+,28-,29-,30+,31+,32+/m0/s1. The first-order chi connectivity index (χ1) is 17.3. The fourth-order valence-electron chi connectivity index (χ4n) is 11.8. The average molecular weight is 514 g/mol. The minimum atomic E-state index is -0.441. The minimum Gasteiger partial charge on any atom is -0.465 e. The summed E-state index contributed by atoms with van der Waals surface area (Å²) in [6.45, 7) is 18.7. The van der Waals surface area contributed by atoms with Gasteiger partial charge in [0.15, 0.2) is 0 Å². The fourth-order valence-corrected chi connectivity index (χ4v) is 11.8. The van der Waals surface area contributed by atoms with Crippen molar-refractivity contribution in [3.8, 4) is 0 Å². The van der Waals surface area contributed by atoms with Gasteiger partial charge in [0.05, 0.1) is 18.9 Å². The van der Waals surface area contributed by atoms with Crippen molar-refractivity contribution in [1.29, 1.82) is 0 Å². The van der Waals surface area contributed by atoms with Crippen LogP contribution in [0, 0.1) is 56.7 Å². The van der Waals surface area contributed by atoms with E-state index < -0.39 is 5.41 Å². The van der Waals surface area contributed by atoms with Crippen molar-refractivity contribution in [2.24, 2.45) is 61.8 Å². The monoisotopic (exact) mass is 513 g/mol. The molecule has 0 radical (unpaired) electrons. The van der Waals surface area contributed by atoms with Crippen LogP contribution in [0.15, 0.2) is 17.3 Å². The Morgan fingerprint density at radius 3 is 2.32 bits per heavy atom. The van der Waals surface area contributed by atoms with E-state index in [1.807, 2.05) is 0 Å². The largest absolute Gasteiger partial charge is 0.465 e. The van der Waals surface area contributed by atoms with Gasteiger partial charge in [-0.25, -0.2) is 0 Å². The minimum absolute atomic E-state index is 0.0526. The summed E-state index contributed by atoms with van der Waals surface area (Å²) in [7, 11) is 0. The third-order valence-electron chi connectivity index (χ3n) is 13.8. The van der Waals surface area contributed by atoms with E-state index in [1.54, 1.807) is 6.92 Å². The van der Waals surface area contributed by atoms with Crippen molar-refractivity contribution >= 4 is 11.7 Å². The molecule has 0 aromatic carbocycles. The van der Waals surface area contributed by atoms with Crippen LogP contribution in [-0.4, -0.2) is 35.2 Å². The van der Waals surface area contributed by atoms with E-state index in [0.29, 0.717) is 36.2 Å². The molecule has 2 N–H and O–H groups in total. The number of allylic oxidation sites excluding steroid dienone is 1. The summed E-state index contributed by atoms with van der Waals surface area (Å²) in [6.07, 6.45) is 11.2. The number of carbonyl (C=O) groups excluding carboxylic acids is 1. The molecule has 0 aromatic heterocycles. The van der Waals surface area contributed by atoms with Gasteiger partial charge in [0.2, 0.25) is 0 Å². The number of carbonyl (C=O) groups is 1. The van der Waals surface area contributed by atoms with Crippen LogP contribution in [-0.2, 0) is 9.53 Å². The van der Waals surface area contributed by atoms with Gasteiger partial charge in [-0.05, 0) is 117 Å². The second-order valence-corrected chi connectivity index (χ2v) is 15.0. The number of rotatable bonds is 4. The van der Waals surface area contributed by atoms with Crippen LogP contribution in [0.1, 0.15) is 106 Å². The number of ether oxygens (including phenoxy) is 1. The average Bonchev–Trinajstić information content (AvgIpc) is 3.23. The van der Waals surface area contributed by atoms with Crippen molar-refractivity contribution < 1.29 is 19.8 Å². The smallest absolute Gasteiger partial charge is 0.302 e. The quantitative estimate of drug-likeness (QED) is 0.183. The van der Waals surface area contributed by atoms with Crippen molar-refractivity contribution in [1.82, 2.24) is 0 Å². The van der Waals surface area contributed by atoms with E-state index >= 15 is 0 Å². The molecule has 0 heterocycles. The summed E-state index contributed by atoms with van der Waals surface area (Å²) in [5.41, 5.74) is 2.34. The van der Waals surface area contributed by atoms with E-state index in [2.05, 4.69) is 46.4 Å². The number of esters is 1. The Bertz CT molecular complexity index is 991. The van der Waals surface area contributed by atoms with Crippen LogP contribution in [0.5, 0.6) is 0 Å². The molecule has 0 saturated heterocycles. The van der Waals surface area contributed by atoms with Gasteiger partial charge in [-0.3, -0.25) is 4.79 Å².